The van der Waals surface area contributed by atoms with Crippen molar-refractivity contribution in [1.29, 1.82) is 0 Å². The first kappa shape index (κ1) is 31.5. The second-order valence-electron chi connectivity index (χ2n) is 12.1. The van der Waals surface area contributed by atoms with Crippen molar-refractivity contribution in [2.45, 2.75) is 65.4 Å². The van der Waals surface area contributed by atoms with Crippen LogP contribution in [-0.4, -0.2) is 49.4 Å². The molecule has 0 bridgehead atoms. The Labute approximate surface area is 263 Å². The fourth-order valence-corrected chi connectivity index (χ4v) is 11.6. The number of hydrogen-bond donors (Lipinski definition) is 0. The number of aromatic nitrogens is 2. The van der Waals surface area contributed by atoms with Gasteiger partial charge in [0.05, 0.1) is 30.2 Å². The Morgan fingerprint density at radius 3 is 2.09 bits per heavy atom. The molecule has 0 saturated carbocycles. The van der Waals surface area contributed by atoms with E-state index in [1.807, 2.05) is 55.1 Å². The van der Waals surface area contributed by atoms with Crippen molar-refractivity contribution < 1.29 is 18.3 Å². The van der Waals surface area contributed by atoms with Gasteiger partial charge in [-0.15, -0.1) is 11.3 Å². The number of carbonyl (C=O) groups is 1. The van der Waals surface area contributed by atoms with Crippen molar-refractivity contribution >= 4 is 53.1 Å². The van der Waals surface area contributed by atoms with Crippen LogP contribution in [0, 0.1) is 12.7 Å². The van der Waals surface area contributed by atoms with Crippen LogP contribution < -0.4 is 15.3 Å². The summed E-state index contributed by atoms with van der Waals surface area (Å²) in [4.78, 5) is 24.5. The number of carbonyl (C=O) groups excluding carboxylic acids is 1. The zero-order valence-electron chi connectivity index (χ0n) is 25.4. The summed E-state index contributed by atoms with van der Waals surface area (Å²) in [6, 6.07) is 20.5. The van der Waals surface area contributed by atoms with Crippen LogP contribution in [-0.2, 0) is 15.8 Å². The van der Waals surface area contributed by atoms with Crippen LogP contribution in [0.15, 0.2) is 66.0 Å². The lowest BCUT2D eigenvalue weighted by Crippen LogP contribution is -2.66. The molecule has 0 radical (unpaired) electrons. The van der Waals surface area contributed by atoms with Gasteiger partial charge in [0, 0.05) is 24.2 Å². The van der Waals surface area contributed by atoms with Gasteiger partial charge in [-0.1, -0.05) is 93.0 Å². The monoisotopic (exact) mass is 637 g/mol. The Morgan fingerprint density at radius 2 is 1.60 bits per heavy atom. The summed E-state index contributed by atoms with van der Waals surface area (Å²) < 4.78 is 29.1. The Balaban J connectivity index is 1.68. The second-order valence-corrected chi connectivity index (χ2v) is 17.7. The van der Waals surface area contributed by atoms with Crippen molar-refractivity contribution in [1.82, 2.24) is 9.97 Å². The van der Waals surface area contributed by atoms with Crippen LogP contribution in [0.5, 0.6) is 0 Å². The molecular weight excluding hydrogens is 601 g/mol. The number of halogens is 2. The number of aryl methyl sites for hydroxylation is 1. The van der Waals surface area contributed by atoms with Gasteiger partial charge in [-0.2, -0.15) is 0 Å². The van der Waals surface area contributed by atoms with Crippen molar-refractivity contribution in [3.8, 4) is 0 Å². The van der Waals surface area contributed by atoms with E-state index in [-0.39, 0.29) is 39.6 Å². The van der Waals surface area contributed by atoms with Crippen LogP contribution >= 0.6 is 22.9 Å². The summed E-state index contributed by atoms with van der Waals surface area (Å²) in [5.74, 6) is -1.45. The number of pyridine rings is 1. The minimum Gasteiger partial charge on any atom is -0.401 e. The average Bonchev–Trinajstić information content (AvgIpc) is 3.41. The molecule has 2 atom stereocenters. The van der Waals surface area contributed by atoms with Crippen LogP contribution in [0.2, 0.25) is 10.1 Å². The first-order valence-corrected chi connectivity index (χ1v) is 17.6. The van der Waals surface area contributed by atoms with Crippen molar-refractivity contribution in [3.05, 3.63) is 99.0 Å². The van der Waals surface area contributed by atoms with Crippen molar-refractivity contribution in [3.63, 3.8) is 0 Å². The van der Waals surface area contributed by atoms with Gasteiger partial charge < -0.3 is 14.1 Å². The zero-order chi connectivity index (χ0) is 30.9. The van der Waals surface area contributed by atoms with E-state index in [1.165, 1.54) is 0 Å². The predicted octanol–water partition coefficient (Wildman–Crippen LogP) is 6.56. The highest BCUT2D eigenvalue weighted by atomic mass is 35.5. The molecule has 1 fully saturated rings. The molecule has 0 spiro atoms. The van der Waals surface area contributed by atoms with Crippen LogP contribution in [0.1, 0.15) is 61.5 Å². The van der Waals surface area contributed by atoms with Gasteiger partial charge in [-0.05, 0) is 36.2 Å². The number of ether oxygens (including phenoxy) is 1. The molecule has 1 saturated heterocycles. The number of rotatable bonds is 8. The number of nitrogens with zero attached hydrogens (tertiary/aromatic N) is 3. The maximum absolute atomic E-state index is 16.0. The van der Waals surface area contributed by atoms with Gasteiger partial charge in [-0.3, -0.25) is 4.79 Å². The lowest BCUT2D eigenvalue weighted by molar-refractivity contribution is -0.00535. The van der Waals surface area contributed by atoms with E-state index in [0.29, 0.717) is 30.2 Å². The Bertz CT molecular complexity index is 1550. The number of benzene rings is 2. The maximum Gasteiger partial charge on any atom is 0.261 e. The molecule has 0 aliphatic carbocycles. The molecular formula is C33H37ClFN3O3SSi. The van der Waals surface area contributed by atoms with Crippen LogP contribution in [0.25, 0.3) is 0 Å². The number of ketones is 1. The van der Waals surface area contributed by atoms with Crippen LogP contribution in [0.3, 0.4) is 0 Å². The van der Waals surface area contributed by atoms with Gasteiger partial charge in [-0.25, -0.2) is 14.4 Å². The summed E-state index contributed by atoms with van der Waals surface area (Å²) in [6.45, 7) is 13.3. The third-order valence-electron chi connectivity index (χ3n) is 7.74. The molecule has 0 N–H and O–H groups in total. The number of hydrogen-bond acceptors (Lipinski definition) is 7. The lowest BCUT2D eigenvalue weighted by atomic mass is 10.1. The zero-order valence-corrected chi connectivity index (χ0v) is 27.9. The summed E-state index contributed by atoms with van der Waals surface area (Å²) in [5, 5.41) is 3.69. The molecule has 1 aliphatic rings. The van der Waals surface area contributed by atoms with Gasteiger partial charge >= 0.3 is 0 Å². The number of morpholine rings is 1. The summed E-state index contributed by atoms with van der Waals surface area (Å²) in [6.07, 6.45) is -0.208. The molecule has 226 valence electrons. The first-order chi connectivity index (χ1) is 20.4. The van der Waals surface area contributed by atoms with Gasteiger partial charge in [0.15, 0.2) is 16.5 Å². The highest BCUT2D eigenvalue weighted by molar-refractivity contribution is 7.12. The van der Waals surface area contributed by atoms with E-state index in [4.69, 9.17) is 20.8 Å². The van der Waals surface area contributed by atoms with E-state index in [0.717, 1.165) is 21.7 Å². The van der Waals surface area contributed by atoms with E-state index in [2.05, 4.69) is 55.0 Å². The second kappa shape index (κ2) is 12.6. The highest BCUT2D eigenvalue weighted by Crippen LogP contribution is 2.40. The smallest absolute Gasteiger partial charge is 0.261 e. The summed E-state index contributed by atoms with van der Waals surface area (Å²) in [7, 11) is -2.98. The minimum absolute atomic E-state index is 0.0277. The molecule has 4 aromatic rings. The molecule has 6 nitrogen and oxygen atoms in total. The molecule has 0 amide bonds. The molecule has 43 heavy (non-hydrogen) atoms. The molecule has 5 rings (SSSR count). The maximum atomic E-state index is 16.0. The van der Waals surface area contributed by atoms with Crippen molar-refractivity contribution in [2.24, 2.45) is 0 Å². The summed E-state index contributed by atoms with van der Waals surface area (Å²) >= 11 is 7.99. The summed E-state index contributed by atoms with van der Waals surface area (Å²) in [5.41, 5.74) is 1.18. The van der Waals surface area contributed by atoms with E-state index in [9.17, 15) is 4.79 Å². The fourth-order valence-electron chi connectivity index (χ4n) is 6.00. The quantitative estimate of drug-likeness (QED) is 0.161. The highest BCUT2D eigenvalue weighted by Gasteiger charge is 2.50. The van der Waals surface area contributed by atoms with E-state index >= 15 is 4.39 Å². The van der Waals surface area contributed by atoms with Crippen molar-refractivity contribution in [2.75, 3.05) is 18.0 Å². The van der Waals surface area contributed by atoms with Gasteiger partial charge in [0.25, 0.3) is 8.32 Å². The average molecular weight is 638 g/mol. The minimum atomic E-state index is -2.98. The van der Waals surface area contributed by atoms with Gasteiger partial charge in [0.2, 0.25) is 5.78 Å². The molecule has 1 aliphatic heterocycles. The fraction of sp³-hybridized carbons (Fsp3) is 0.364. The molecule has 2 aromatic carbocycles. The standard InChI is InChI=1S/C33H37ClFN3O3SSi/c1-21-20-42-32(36-21)31(39)29-28(35)27(34)30(38-17-22(2)41-23(3)18-38)26(37-29)19-40-43(33(4,5)6,24-13-9-7-10-14-24)25-15-11-8-12-16-25/h7-16,20,22-23H,17-19H2,1-6H3/t22-,23+. The topological polar surface area (TPSA) is 64.5 Å². The third-order valence-corrected chi connectivity index (χ3v) is 14.0. The SMILES string of the molecule is Cc1csc(C(=O)c2nc(CO[Si](c3ccccc3)(c3ccccc3)C(C)(C)C)c(N3C[C@@H](C)O[C@@H](C)C3)c(Cl)c2F)n1. The predicted molar refractivity (Wildman–Crippen MR) is 174 cm³/mol. The first-order valence-electron chi connectivity index (χ1n) is 14.4. The Morgan fingerprint density at radius 1 is 1.05 bits per heavy atom. The molecule has 10 heteroatoms. The van der Waals surface area contributed by atoms with Gasteiger partial charge in [0.1, 0.15) is 5.02 Å². The normalized spacial score (nSPS) is 17.7. The molecule has 2 aromatic heterocycles. The third kappa shape index (κ3) is 6.19. The van der Waals surface area contributed by atoms with E-state index in [1.54, 1.807) is 12.3 Å². The Kier molecular flexibility index (Phi) is 9.20. The van der Waals surface area contributed by atoms with Crippen LogP contribution in [0.4, 0.5) is 10.1 Å². The largest absolute Gasteiger partial charge is 0.401 e. The Hall–Kier alpha value is -2.95. The molecule has 3 heterocycles. The number of thiazole rings is 1. The molecule has 0 unspecified atom stereocenters. The lowest BCUT2D eigenvalue weighted by Gasteiger charge is -2.43. The number of anilines is 1. The van der Waals surface area contributed by atoms with E-state index < -0.39 is 19.9 Å².